The first-order valence-electron chi connectivity index (χ1n) is 7.53. The Morgan fingerprint density at radius 1 is 1.28 bits per heavy atom. The SMILES string of the molecule is COc1ccc2[nH]c3c(=O)n(N=Cc4ccccc4Cl)cnc3c2c1. The number of ether oxygens (including phenoxy) is 1. The predicted octanol–water partition coefficient (Wildman–Crippen LogP) is 3.42. The average Bonchev–Trinajstić information content (AvgIpc) is 3.01. The molecule has 124 valence electrons. The van der Waals surface area contributed by atoms with Crippen LogP contribution in [0.25, 0.3) is 21.9 Å². The van der Waals surface area contributed by atoms with Gasteiger partial charge in [0, 0.05) is 21.5 Å². The Morgan fingerprint density at radius 2 is 2.12 bits per heavy atom. The highest BCUT2D eigenvalue weighted by Crippen LogP contribution is 2.25. The van der Waals surface area contributed by atoms with Crippen LogP contribution in [0.2, 0.25) is 5.02 Å². The van der Waals surface area contributed by atoms with Crippen molar-refractivity contribution in [2.24, 2.45) is 5.10 Å². The minimum atomic E-state index is -0.288. The van der Waals surface area contributed by atoms with E-state index in [2.05, 4.69) is 15.1 Å². The van der Waals surface area contributed by atoms with Crippen LogP contribution in [0.3, 0.4) is 0 Å². The van der Waals surface area contributed by atoms with Crippen LogP contribution in [0.15, 0.2) is 58.7 Å². The largest absolute Gasteiger partial charge is 0.497 e. The Labute approximate surface area is 147 Å². The van der Waals surface area contributed by atoms with Gasteiger partial charge in [-0.25, -0.2) is 4.98 Å². The van der Waals surface area contributed by atoms with Crippen LogP contribution in [0, 0.1) is 0 Å². The Morgan fingerprint density at radius 3 is 2.92 bits per heavy atom. The van der Waals surface area contributed by atoms with Gasteiger partial charge in [-0.3, -0.25) is 4.79 Å². The number of nitrogens with zero attached hydrogens (tertiary/aromatic N) is 3. The second-order valence-electron chi connectivity index (χ2n) is 5.42. The zero-order valence-corrected chi connectivity index (χ0v) is 14.0. The molecule has 4 aromatic rings. The summed E-state index contributed by atoms with van der Waals surface area (Å²) < 4.78 is 6.41. The average molecular weight is 353 g/mol. The summed E-state index contributed by atoms with van der Waals surface area (Å²) in [5.74, 6) is 0.705. The minimum Gasteiger partial charge on any atom is -0.497 e. The van der Waals surface area contributed by atoms with E-state index in [9.17, 15) is 4.79 Å². The molecule has 0 saturated carbocycles. The van der Waals surface area contributed by atoms with E-state index in [1.807, 2.05) is 36.4 Å². The normalized spacial score (nSPS) is 11.6. The highest BCUT2D eigenvalue weighted by molar-refractivity contribution is 6.33. The molecule has 0 unspecified atom stereocenters. The summed E-state index contributed by atoms with van der Waals surface area (Å²) >= 11 is 6.10. The molecule has 7 heteroatoms. The van der Waals surface area contributed by atoms with Crippen LogP contribution < -0.4 is 10.3 Å². The molecule has 0 fully saturated rings. The molecule has 0 aliphatic rings. The summed E-state index contributed by atoms with van der Waals surface area (Å²) in [5.41, 5.74) is 2.22. The molecule has 2 heterocycles. The monoisotopic (exact) mass is 352 g/mol. The van der Waals surface area contributed by atoms with Crippen molar-refractivity contribution in [3.8, 4) is 5.75 Å². The molecular weight excluding hydrogens is 340 g/mol. The van der Waals surface area contributed by atoms with E-state index in [-0.39, 0.29) is 5.56 Å². The van der Waals surface area contributed by atoms with E-state index < -0.39 is 0 Å². The molecule has 0 amide bonds. The lowest BCUT2D eigenvalue weighted by Gasteiger charge is -1.99. The topological polar surface area (TPSA) is 72.3 Å². The van der Waals surface area contributed by atoms with Crippen molar-refractivity contribution in [1.29, 1.82) is 0 Å². The maximum Gasteiger partial charge on any atom is 0.298 e. The van der Waals surface area contributed by atoms with Gasteiger partial charge in [0.05, 0.1) is 13.3 Å². The number of benzene rings is 2. The molecule has 0 aliphatic heterocycles. The fourth-order valence-electron chi connectivity index (χ4n) is 2.64. The Balaban J connectivity index is 1.84. The first-order chi connectivity index (χ1) is 12.2. The molecule has 6 nitrogen and oxygen atoms in total. The van der Waals surface area contributed by atoms with E-state index in [1.54, 1.807) is 13.2 Å². The highest BCUT2D eigenvalue weighted by Gasteiger charge is 2.11. The van der Waals surface area contributed by atoms with E-state index in [1.165, 1.54) is 17.2 Å². The number of nitrogens with one attached hydrogen (secondary N) is 1. The first kappa shape index (κ1) is 15.4. The number of aromatic amines is 1. The summed E-state index contributed by atoms with van der Waals surface area (Å²) in [6.07, 6.45) is 2.92. The number of aromatic nitrogens is 3. The quantitative estimate of drug-likeness (QED) is 0.574. The van der Waals surface area contributed by atoms with Crippen LogP contribution in [-0.4, -0.2) is 28.0 Å². The molecular formula is C18H13ClN4O2. The lowest BCUT2D eigenvalue weighted by Crippen LogP contribution is -2.17. The molecule has 0 bridgehead atoms. The van der Waals surface area contributed by atoms with Crippen molar-refractivity contribution >= 4 is 39.8 Å². The fraction of sp³-hybridized carbons (Fsp3) is 0.0556. The Bertz CT molecular complexity index is 1180. The summed E-state index contributed by atoms with van der Waals surface area (Å²) in [5, 5.41) is 5.57. The molecule has 0 atom stereocenters. The molecule has 0 aliphatic carbocycles. The number of hydrogen-bond acceptors (Lipinski definition) is 4. The van der Waals surface area contributed by atoms with Gasteiger partial charge in [-0.1, -0.05) is 29.8 Å². The second-order valence-corrected chi connectivity index (χ2v) is 5.83. The highest BCUT2D eigenvalue weighted by atomic mass is 35.5. The molecule has 0 radical (unpaired) electrons. The number of fused-ring (bicyclic) bond motifs is 3. The number of hydrogen-bond donors (Lipinski definition) is 1. The van der Waals surface area contributed by atoms with Crippen LogP contribution in [0.1, 0.15) is 5.56 Å². The number of halogens is 1. The van der Waals surface area contributed by atoms with Gasteiger partial charge in [0.2, 0.25) is 0 Å². The fourth-order valence-corrected chi connectivity index (χ4v) is 2.82. The number of rotatable bonds is 3. The lowest BCUT2D eigenvalue weighted by atomic mass is 10.2. The summed E-state index contributed by atoms with van der Waals surface area (Å²) in [4.78, 5) is 20.1. The lowest BCUT2D eigenvalue weighted by molar-refractivity contribution is 0.415. The van der Waals surface area contributed by atoms with Crippen molar-refractivity contribution in [2.75, 3.05) is 7.11 Å². The third-order valence-corrected chi connectivity index (χ3v) is 4.27. The zero-order valence-electron chi connectivity index (χ0n) is 13.2. The third kappa shape index (κ3) is 2.66. The predicted molar refractivity (Wildman–Crippen MR) is 98.9 cm³/mol. The zero-order chi connectivity index (χ0) is 17.4. The van der Waals surface area contributed by atoms with Gasteiger partial charge in [0.15, 0.2) is 0 Å². The molecule has 0 spiro atoms. The first-order valence-corrected chi connectivity index (χ1v) is 7.91. The van der Waals surface area contributed by atoms with Gasteiger partial charge in [-0.2, -0.15) is 9.78 Å². The molecule has 2 aromatic heterocycles. The van der Waals surface area contributed by atoms with Crippen LogP contribution in [0.5, 0.6) is 5.75 Å². The van der Waals surface area contributed by atoms with Crippen molar-refractivity contribution in [2.45, 2.75) is 0 Å². The summed E-state index contributed by atoms with van der Waals surface area (Å²) in [7, 11) is 1.60. The Hall–Kier alpha value is -3.12. The van der Waals surface area contributed by atoms with Gasteiger partial charge in [-0.15, -0.1) is 0 Å². The van der Waals surface area contributed by atoms with Crippen molar-refractivity contribution in [1.82, 2.24) is 14.6 Å². The molecule has 1 N–H and O–H groups in total. The standard InChI is InChI=1S/C18H13ClN4O2/c1-25-12-6-7-15-13(8-12)16-17(22-15)18(24)23(10-20-16)21-9-11-4-2-3-5-14(11)19/h2-10,22H,1H3. The molecule has 25 heavy (non-hydrogen) atoms. The van der Waals surface area contributed by atoms with Gasteiger partial charge in [0.1, 0.15) is 23.1 Å². The number of methoxy groups -OCH3 is 1. The van der Waals surface area contributed by atoms with Gasteiger partial charge < -0.3 is 9.72 Å². The molecule has 0 saturated heterocycles. The van der Waals surface area contributed by atoms with Gasteiger partial charge in [0.25, 0.3) is 5.56 Å². The third-order valence-electron chi connectivity index (χ3n) is 3.92. The van der Waals surface area contributed by atoms with Gasteiger partial charge in [-0.05, 0) is 24.3 Å². The van der Waals surface area contributed by atoms with Crippen molar-refractivity contribution < 1.29 is 4.74 Å². The Kier molecular flexibility index (Phi) is 3.74. The summed E-state index contributed by atoms with van der Waals surface area (Å²) in [6.45, 7) is 0. The second kappa shape index (κ2) is 6.07. The van der Waals surface area contributed by atoms with E-state index in [0.717, 1.165) is 16.5 Å². The van der Waals surface area contributed by atoms with Crippen LogP contribution >= 0.6 is 11.6 Å². The number of H-pyrrole nitrogens is 1. The van der Waals surface area contributed by atoms with Crippen molar-refractivity contribution in [3.63, 3.8) is 0 Å². The smallest absolute Gasteiger partial charge is 0.298 e. The maximum atomic E-state index is 12.7. The maximum absolute atomic E-state index is 12.7. The summed E-state index contributed by atoms with van der Waals surface area (Å²) in [6, 6.07) is 12.8. The van der Waals surface area contributed by atoms with Gasteiger partial charge >= 0.3 is 0 Å². The molecule has 2 aromatic carbocycles. The van der Waals surface area contributed by atoms with Crippen molar-refractivity contribution in [3.05, 3.63) is 69.7 Å². The van der Waals surface area contributed by atoms with E-state index >= 15 is 0 Å². The molecule has 4 rings (SSSR count). The van der Waals surface area contributed by atoms with Crippen LogP contribution in [-0.2, 0) is 0 Å². The minimum absolute atomic E-state index is 0.288. The van der Waals surface area contributed by atoms with E-state index in [4.69, 9.17) is 16.3 Å². The van der Waals surface area contributed by atoms with Crippen LogP contribution in [0.4, 0.5) is 0 Å². The van der Waals surface area contributed by atoms with E-state index in [0.29, 0.717) is 21.8 Å².